The minimum Gasteiger partial charge on any atom is -0.484 e. The predicted molar refractivity (Wildman–Crippen MR) is 105 cm³/mol. The quantitative estimate of drug-likeness (QED) is 0.463. The predicted octanol–water partition coefficient (Wildman–Crippen LogP) is 2.72. The number of carbonyl (C=O) groups excluding carboxylic acids is 1. The Kier molecular flexibility index (Phi) is 11.2. The fourth-order valence-corrected chi connectivity index (χ4v) is 2.24. The van der Waals surface area contributed by atoms with Crippen molar-refractivity contribution < 1.29 is 27.9 Å². The highest BCUT2D eigenvalue weighted by Gasteiger charge is 2.18. The Labute approximate surface area is 157 Å². The van der Waals surface area contributed by atoms with Crippen LogP contribution in [0.1, 0.15) is 52.4 Å². The standard InChI is InChI=1S/C8H15NO.C7H13NO.C2H8O4S/c1-7-3-4-8(10-2)9-6-5-7;1-6-2-3-7(9)8-5-4-6;1-7(2,4,5)6-3/h7H,3-6H2,1-2H3;6H,2-5H2,1H3,(H,8,9);3H,1-2H3,(H,4,5). The minimum absolute atomic E-state index is 0.222. The number of methoxy groups -OCH3 is 1. The number of carbonyl (C=O) groups is 1. The number of nitrogens with zero attached hydrogens (tertiary/aromatic N) is 1. The molecule has 0 aliphatic carbocycles. The fraction of sp³-hybridized carbons (Fsp3) is 0.882. The highest BCUT2D eigenvalue weighted by Crippen LogP contribution is 2.15. The molecule has 8 nitrogen and oxygen atoms in total. The second-order valence-electron chi connectivity index (χ2n) is 7.43. The summed E-state index contributed by atoms with van der Waals surface area (Å²) < 4.78 is 26.9. The van der Waals surface area contributed by atoms with Crippen molar-refractivity contribution in [2.45, 2.75) is 52.4 Å². The molecule has 0 aromatic heterocycles. The van der Waals surface area contributed by atoms with E-state index in [-0.39, 0.29) is 5.91 Å². The molecule has 0 aromatic carbocycles. The molecule has 1 amide bonds. The molecule has 26 heavy (non-hydrogen) atoms. The number of aliphatic imine (C=N–C) groups is 1. The Balaban J connectivity index is 0.000000368. The summed E-state index contributed by atoms with van der Waals surface area (Å²) in [6, 6.07) is 0. The van der Waals surface area contributed by atoms with Gasteiger partial charge in [-0.2, -0.15) is 0 Å². The third-order valence-corrected chi connectivity index (χ3v) is 4.46. The van der Waals surface area contributed by atoms with Gasteiger partial charge in [0.15, 0.2) is 5.90 Å². The first-order valence-corrected chi connectivity index (χ1v) is 11.6. The molecule has 2 aliphatic rings. The summed E-state index contributed by atoms with van der Waals surface area (Å²) in [6.45, 7) is 6.29. The van der Waals surface area contributed by atoms with Crippen LogP contribution in [-0.4, -0.2) is 58.5 Å². The molecule has 9 heteroatoms. The molecule has 0 bridgehead atoms. The zero-order valence-electron chi connectivity index (χ0n) is 16.7. The van der Waals surface area contributed by atoms with Crippen LogP contribution in [0.4, 0.5) is 0 Å². The van der Waals surface area contributed by atoms with E-state index in [2.05, 4.69) is 28.5 Å². The first-order valence-electron chi connectivity index (χ1n) is 8.97. The summed E-state index contributed by atoms with van der Waals surface area (Å²) in [5.74, 6) is 2.70. The number of amides is 1. The lowest BCUT2D eigenvalue weighted by atomic mass is 10.0. The third-order valence-electron chi connectivity index (χ3n) is 4.03. The molecule has 1 fully saturated rings. The first-order chi connectivity index (χ1) is 11.9. The van der Waals surface area contributed by atoms with E-state index in [1.54, 1.807) is 7.11 Å². The van der Waals surface area contributed by atoms with Gasteiger partial charge in [-0.05, 0) is 37.5 Å². The smallest absolute Gasteiger partial charge is 0.220 e. The van der Waals surface area contributed by atoms with Gasteiger partial charge < -0.3 is 14.6 Å². The zero-order chi connectivity index (χ0) is 20.2. The maximum Gasteiger partial charge on any atom is 0.220 e. The number of ether oxygens (including phenoxy) is 1. The fourth-order valence-electron chi connectivity index (χ4n) is 2.24. The minimum atomic E-state index is -4.06. The van der Waals surface area contributed by atoms with E-state index >= 15 is 0 Å². The van der Waals surface area contributed by atoms with Crippen LogP contribution in [0, 0.1) is 11.8 Å². The molecule has 2 atom stereocenters. The number of rotatable bonds is 1. The summed E-state index contributed by atoms with van der Waals surface area (Å²) in [7, 11) is -2.36. The summed E-state index contributed by atoms with van der Waals surface area (Å²) >= 11 is 0. The van der Waals surface area contributed by atoms with Crippen LogP contribution in [0.15, 0.2) is 4.99 Å². The second kappa shape index (κ2) is 11.6. The van der Waals surface area contributed by atoms with Gasteiger partial charge in [-0.1, -0.05) is 13.8 Å². The molecule has 2 heterocycles. The van der Waals surface area contributed by atoms with E-state index in [9.17, 15) is 9.00 Å². The maximum atomic E-state index is 10.7. The molecule has 0 radical (unpaired) electrons. The van der Waals surface area contributed by atoms with Crippen molar-refractivity contribution in [2.24, 2.45) is 16.8 Å². The van der Waals surface area contributed by atoms with Gasteiger partial charge in [0, 0.05) is 38.4 Å². The van der Waals surface area contributed by atoms with E-state index in [0.29, 0.717) is 0 Å². The van der Waals surface area contributed by atoms with Crippen LogP contribution < -0.4 is 5.32 Å². The zero-order valence-corrected chi connectivity index (χ0v) is 17.5. The van der Waals surface area contributed by atoms with Gasteiger partial charge in [-0.3, -0.25) is 9.79 Å². The van der Waals surface area contributed by atoms with Crippen molar-refractivity contribution in [1.29, 1.82) is 0 Å². The van der Waals surface area contributed by atoms with E-state index in [1.807, 2.05) is 0 Å². The van der Waals surface area contributed by atoms with Gasteiger partial charge in [0.25, 0.3) is 0 Å². The first kappa shape index (κ1) is 25.0. The Morgan fingerprint density at radius 2 is 1.65 bits per heavy atom. The van der Waals surface area contributed by atoms with Gasteiger partial charge in [-0.15, -0.1) is 4.33 Å². The molecule has 156 valence electrons. The Bertz CT molecular complexity index is 506. The lowest BCUT2D eigenvalue weighted by Crippen LogP contribution is -2.29. The Morgan fingerprint density at radius 3 is 2.19 bits per heavy atom. The SMILES string of the molecule is CC1CCNC(=O)CC1.COC1=NCCC(C)CC1.CS(C)(=O)(O)OO. The molecular weight excluding hydrogens is 360 g/mol. The molecule has 1 saturated heterocycles. The summed E-state index contributed by atoms with van der Waals surface area (Å²) in [5.41, 5.74) is 0. The van der Waals surface area contributed by atoms with Crippen LogP contribution in [0.5, 0.6) is 0 Å². The molecule has 0 saturated carbocycles. The van der Waals surface area contributed by atoms with Crippen molar-refractivity contribution in [2.75, 3.05) is 32.7 Å². The lowest BCUT2D eigenvalue weighted by molar-refractivity contribution is -0.141. The highest BCUT2D eigenvalue weighted by atomic mass is 32.3. The van der Waals surface area contributed by atoms with Crippen LogP contribution >= 0.6 is 0 Å². The molecular formula is C17H36N2O6S. The Hall–Kier alpha value is -1.03. The van der Waals surface area contributed by atoms with E-state index in [0.717, 1.165) is 69.0 Å². The normalized spacial score (nSPS) is 25.3. The average molecular weight is 397 g/mol. The molecule has 3 N–H and O–H groups in total. The number of hydrogen-bond acceptors (Lipinski definition) is 6. The number of nitrogens with one attached hydrogen (secondary N) is 1. The monoisotopic (exact) mass is 396 g/mol. The van der Waals surface area contributed by atoms with E-state index < -0.39 is 9.63 Å². The number of hydrogen-bond donors (Lipinski definition) is 3. The Morgan fingerprint density at radius 1 is 1.12 bits per heavy atom. The summed E-state index contributed by atoms with van der Waals surface area (Å²) in [6.07, 6.45) is 8.20. The van der Waals surface area contributed by atoms with Crippen molar-refractivity contribution in [3.8, 4) is 0 Å². The largest absolute Gasteiger partial charge is 0.484 e. The van der Waals surface area contributed by atoms with Crippen LogP contribution in [0.2, 0.25) is 0 Å². The topological polar surface area (TPSA) is 117 Å². The van der Waals surface area contributed by atoms with Gasteiger partial charge >= 0.3 is 0 Å². The van der Waals surface area contributed by atoms with E-state index in [1.165, 1.54) is 12.8 Å². The van der Waals surface area contributed by atoms with Crippen LogP contribution in [0.25, 0.3) is 0 Å². The average Bonchev–Trinajstić information content (AvgIpc) is 2.87. The van der Waals surface area contributed by atoms with Crippen LogP contribution in [0.3, 0.4) is 0 Å². The lowest BCUT2D eigenvalue weighted by Gasteiger charge is -2.20. The van der Waals surface area contributed by atoms with Gasteiger partial charge in [0.1, 0.15) is 9.63 Å². The van der Waals surface area contributed by atoms with E-state index in [4.69, 9.17) is 14.5 Å². The summed E-state index contributed by atoms with van der Waals surface area (Å²) in [4.78, 5) is 15.0. The molecule has 0 spiro atoms. The molecule has 2 aliphatic heterocycles. The highest BCUT2D eigenvalue weighted by molar-refractivity contribution is 8.09. The molecule has 2 rings (SSSR count). The molecule has 2 unspecified atom stereocenters. The van der Waals surface area contributed by atoms with Crippen molar-refractivity contribution in [1.82, 2.24) is 5.32 Å². The molecule has 0 aromatic rings. The van der Waals surface area contributed by atoms with Gasteiger partial charge in [0.05, 0.1) is 7.11 Å². The third kappa shape index (κ3) is 15.2. The van der Waals surface area contributed by atoms with Crippen LogP contribution in [-0.2, 0) is 23.5 Å². The van der Waals surface area contributed by atoms with Crippen molar-refractivity contribution >= 4 is 21.4 Å². The van der Waals surface area contributed by atoms with Crippen molar-refractivity contribution in [3.05, 3.63) is 0 Å². The van der Waals surface area contributed by atoms with Crippen molar-refractivity contribution in [3.63, 3.8) is 0 Å². The summed E-state index contributed by atoms with van der Waals surface area (Å²) in [5, 5.41) is 10.5. The second-order valence-corrected chi connectivity index (χ2v) is 10.9. The van der Waals surface area contributed by atoms with Gasteiger partial charge in [0.2, 0.25) is 5.91 Å². The van der Waals surface area contributed by atoms with Gasteiger partial charge in [-0.25, -0.2) is 9.47 Å². The maximum absolute atomic E-state index is 10.7.